The van der Waals surface area contributed by atoms with Crippen molar-refractivity contribution in [2.24, 2.45) is 5.14 Å². The second-order valence-corrected chi connectivity index (χ2v) is 8.74. The van der Waals surface area contributed by atoms with Crippen LogP contribution in [0.2, 0.25) is 0 Å². The summed E-state index contributed by atoms with van der Waals surface area (Å²) in [6.45, 7) is 1.59. The monoisotopic (exact) mass is 401 g/mol. The van der Waals surface area contributed by atoms with Crippen molar-refractivity contribution in [1.82, 2.24) is 9.97 Å². The molecule has 27 heavy (non-hydrogen) atoms. The summed E-state index contributed by atoms with van der Waals surface area (Å²) in [5, 5.41) is 13.9. The molecule has 0 saturated carbocycles. The zero-order valence-electron chi connectivity index (χ0n) is 14.9. The minimum Gasteiger partial charge on any atom is -0.309 e. The van der Waals surface area contributed by atoms with E-state index in [0.29, 0.717) is 23.1 Å². The number of anilines is 1. The summed E-state index contributed by atoms with van der Waals surface area (Å²) in [6, 6.07) is 13.6. The van der Waals surface area contributed by atoms with Gasteiger partial charge in [-0.3, -0.25) is 10.4 Å². The highest BCUT2D eigenvalue weighted by Crippen LogP contribution is 2.28. The lowest BCUT2D eigenvalue weighted by Crippen LogP contribution is -2.27. The van der Waals surface area contributed by atoms with Gasteiger partial charge in [0, 0.05) is 25.2 Å². The number of primary sulfonamides is 1. The number of sulfonamides is 1. The van der Waals surface area contributed by atoms with Crippen LogP contribution in [0, 0.1) is 12.3 Å². The number of nitrogens with zero attached hydrogens (tertiary/aromatic N) is 3. The van der Waals surface area contributed by atoms with Gasteiger partial charge in [-0.1, -0.05) is 41.7 Å². The zero-order valence-corrected chi connectivity index (χ0v) is 16.5. The highest BCUT2D eigenvalue weighted by atomic mass is 32.2. The summed E-state index contributed by atoms with van der Waals surface area (Å²) >= 11 is 0.966. The minimum absolute atomic E-state index is 0.0249. The van der Waals surface area contributed by atoms with Gasteiger partial charge in [0.2, 0.25) is 10.0 Å². The van der Waals surface area contributed by atoms with Crippen molar-refractivity contribution in [2.45, 2.75) is 17.6 Å². The van der Waals surface area contributed by atoms with Crippen LogP contribution in [0.5, 0.6) is 0 Å². The number of benzene rings is 1. The van der Waals surface area contributed by atoms with Crippen molar-refractivity contribution < 1.29 is 8.42 Å². The molecular weight excluding hydrogens is 382 g/mol. The first-order valence-corrected chi connectivity index (χ1v) is 10.4. The number of rotatable bonds is 5. The molecule has 0 atom stereocenters. The average molecular weight is 402 g/mol. The molecule has 0 aliphatic heterocycles. The number of likely N-dealkylation sites (N-methyl/N-ethyl adjacent to an activating group) is 1. The molecule has 3 aromatic rings. The molecule has 2 aromatic heterocycles. The zero-order chi connectivity index (χ0) is 19.6. The quantitative estimate of drug-likeness (QED) is 0.504. The van der Waals surface area contributed by atoms with Crippen molar-refractivity contribution in [3.63, 3.8) is 0 Å². The molecule has 3 rings (SSSR count). The van der Waals surface area contributed by atoms with Crippen LogP contribution in [0.1, 0.15) is 11.3 Å². The van der Waals surface area contributed by atoms with Crippen LogP contribution in [0.3, 0.4) is 0 Å². The molecule has 3 N–H and O–H groups in total. The Hall–Kier alpha value is -2.62. The molecule has 2 heterocycles. The molecule has 0 unspecified atom stereocenters. The Labute approximate surface area is 162 Å². The molecule has 9 heteroatoms. The fourth-order valence-corrected chi connectivity index (χ4v) is 4.46. The largest absolute Gasteiger partial charge is 0.309 e. The molecule has 0 spiro atoms. The SMILES string of the molecule is Cc1nc(N(C)C(=N)Cc2ccc(-c3ccccn3)cc2)sc1S(N)(=O)=O. The summed E-state index contributed by atoms with van der Waals surface area (Å²) in [5.41, 5.74) is 3.21. The van der Waals surface area contributed by atoms with E-state index in [2.05, 4.69) is 9.97 Å². The van der Waals surface area contributed by atoms with Crippen molar-refractivity contribution >= 4 is 32.3 Å². The topological polar surface area (TPSA) is 113 Å². The van der Waals surface area contributed by atoms with E-state index in [1.807, 2.05) is 42.5 Å². The van der Waals surface area contributed by atoms with Crippen LogP contribution < -0.4 is 10.0 Å². The first kappa shape index (κ1) is 19.2. The third kappa shape index (κ3) is 4.38. The Morgan fingerprint density at radius 3 is 2.48 bits per heavy atom. The maximum Gasteiger partial charge on any atom is 0.249 e. The Morgan fingerprint density at radius 2 is 1.93 bits per heavy atom. The Bertz CT molecular complexity index is 1060. The van der Waals surface area contributed by atoms with Gasteiger partial charge in [0.15, 0.2) is 9.34 Å². The second kappa shape index (κ2) is 7.55. The third-order valence-electron chi connectivity index (χ3n) is 3.98. The number of hydrogen-bond donors (Lipinski definition) is 2. The lowest BCUT2D eigenvalue weighted by atomic mass is 10.1. The summed E-state index contributed by atoms with van der Waals surface area (Å²) < 4.78 is 23.2. The number of pyridine rings is 1. The summed E-state index contributed by atoms with van der Waals surface area (Å²) in [4.78, 5) is 10.1. The van der Waals surface area contributed by atoms with Crippen LogP contribution in [0.25, 0.3) is 11.3 Å². The van der Waals surface area contributed by atoms with Gasteiger partial charge in [0.05, 0.1) is 11.4 Å². The molecule has 0 aliphatic carbocycles. The Balaban J connectivity index is 1.73. The van der Waals surface area contributed by atoms with Crippen molar-refractivity contribution in [1.29, 1.82) is 5.41 Å². The number of nitrogens with two attached hydrogens (primary N) is 1. The molecule has 0 fully saturated rings. The van der Waals surface area contributed by atoms with E-state index in [0.717, 1.165) is 28.2 Å². The molecule has 7 nitrogen and oxygen atoms in total. The van der Waals surface area contributed by atoms with Crippen molar-refractivity contribution in [2.75, 3.05) is 11.9 Å². The first-order chi connectivity index (χ1) is 12.8. The van der Waals surface area contributed by atoms with Crippen LogP contribution in [-0.2, 0) is 16.4 Å². The third-order valence-corrected chi connectivity index (χ3v) is 6.77. The van der Waals surface area contributed by atoms with Gasteiger partial charge in [-0.2, -0.15) is 0 Å². The van der Waals surface area contributed by atoms with E-state index in [1.54, 1.807) is 25.1 Å². The van der Waals surface area contributed by atoms with E-state index in [-0.39, 0.29) is 4.21 Å². The molecule has 0 radical (unpaired) electrons. The highest BCUT2D eigenvalue weighted by Gasteiger charge is 2.21. The maximum atomic E-state index is 11.6. The summed E-state index contributed by atoms with van der Waals surface area (Å²) in [7, 11) is -2.12. The number of aromatic nitrogens is 2. The summed E-state index contributed by atoms with van der Waals surface area (Å²) in [5.74, 6) is 0.301. The Kier molecular flexibility index (Phi) is 5.36. The van der Waals surface area contributed by atoms with Gasteiger partial charge in [0.1, 0.15) is 5.84 Å². The van der Waals surface area contributed by atoms with Crippen LogP contribution in [0.15, 0.2) is 52.9 Å². The molecule has 0 saturated heterocycles. The molecular formula is C18H19N5O2S2. The fraction of sp³-hybridized carbons (Fsp3) is 0.167. The van der Waals surface area contributed by atoms with E-state index >= 15 is 0 Å². The van der Waals surface area contributed by atoms with Gasteiger partial charge in [-0.25, -0.2) is 18.5 Å². The number of nitrogens with one attached hydrogen (secondary N) is 1. The standard InChI is InChI=1S/C18H19N5O2S2/c1-12-17(27(20,24)25)26-18(22-12)23(2)16(19)11-13-6-8-14(9-7-13)15-5-3-4-10-21-15/h3-10,19H,11H2,1-2H3,(H2,20,24,25). The maximum absolute atomic E-state index is 11.6. The molecule has 0 aliphatic rings. The normalized spacial score (nSPS) is 11.4. The Morgan fingerprint density at radius 1 is 1.22 bits per heavy atom. The van der Waals surface area contributed by atoms with E-state index < -0.39 is 10.0 Å². The lowest BCUT2D eigenvalue weighted by molar-refractivity contribution is 0.599. The van der Waals surface area contributed by atoms with Gasteiger partial charge in [-0.05, 0) is 24.6 Å². The number of aryl methyl sites for hydroxylation is 1. The van der Waals surface area contributed by atoms with Gasteiger partial charge in [0.25, 0.3) is 0 Å². The van der Waals surface area contributed by atoms with Crippen LogP contribution >= 0.6 is 11.3 Å². The van der Waals surface area contributed by atoms with E-state index in [4.69, 9.17) is 10.5 Å². The van der Waals surface area contributed by atoms with Gasteiger partial charge >= 0.3 is 0 Å². The van der Waals surface area contributed by atoms with Gasteiger partial charge < -0.3 is 4.90 Å². The lowest BCUT2D eigenvalue weighted by Gasteiger charge is -2.17. The predicted octanol–water partition coefficient (Wildman–Crippen LogP) is 2.82. The molecule has 0 amide bonds. The van der Waals surface area contributed by atoms with Gasteiger partial charge in [-0.15, -0.1) is 0 Å². The van der Waals surface area contributed by atoms with E-state index in [9.17, 15) is 8.42 Å². The van der Waals surface area contributed by atoms with E-state index in [1.165, 1.54) is 0 Å². The highest BCUT2D eigenvalue weighted by molar-refractivity contribution is 7.91. The van der Waals surface area contributed by atoms with Crippen molar-refractivity contribution in [3.8, 4) is 11.3 Å². The predicted molar refractivity (Wildman–Crippen MR) is 108 cm³/mol. The number of thiazole rings is 1. The first-order valence-electron chi connectivity index (χ1n) is 8.07. The smallest absolute Gasteiger partial charge is 0.249 e. The van der Waals surface area contributed by atoms with Crippen LogP contribution in [-0.4, -0.2) is 31.3 Å². The fourth-order valence-electron chi connectivity index (χ4n) is 2.53. The minimum atomic E-state index is -3.81. The second-order valence-electron chi connectivity index (χ2n) is 6.01. The molecule has 140 valence electrons. The molecule has 0 bridgehead atoms. The van der Waals surface area contributed by atoms with Crippen LogP contribution in [0.4, 0.5) is 5.13 Å². The average Bonchev–Trinajstić information content (AvgIpc) is 3.04. The van der Waals surface area contributed by atoms with Crippen molar-refractivity contribution in [3.05, 3.63) is 59.9 Å². The molecule has 1 aromatic carbocycles. The number of amidine groups is 1. The summed E-state index contributed by atoms with van der Waals surface area (Å²) in [6.07, 6.45) is 2.14. The number of hydrogen-bond acceptors (Lipinski definition) is 6.